The first kappa shape index (κ1) is 15.2. The zero-order chi connectivity index (χ0) is 15.2. The minimum absolute atomic E-state index is 0.119. The molecule has 112 valence electrons. The average molecular weight is 289 g/mol. The van der Waals surface area contributed by atoms with Crippen LogP contribution in [0.5, 0.6) is 0 Å². The van der Waals surface area contributed by atoms with E-state index < -0.39 is 0 Å². The number of aromatic nitrogens is 2. The summed E-state index contributed by atoms with van der Waals surface area (Å²) in [5.41, 5.74) is 0.597. The molecule has 0 aliphatic heterocycles. The molecular formula is C15H19N3O3. The van der Waals surface area contributed by atoms with E-state index in [4.69, 9.17) is 9.26 Å². The van der Waals surface area contributed by atoms with Crippen LogP contribution in [-0.4, -0.2) is 23.2 Å². The van der Waals surface area contributed by atoms with Crippen LogP contribution >= 0.6 is 0 Å². The van der Waals surface area contributed by atoms with Crippen molar-refractivity contribution < 1.29 is 14.1 Å². The number of methoxy groups -OCH3 is 1. The normalized spacial score (nSPS) is 12.4. The SMILES string of the molecule is COCc1noc([C@@H](NC(=O)c2ccccc2)C(C)C)n1. The number of nitrogens with one attached hydrogen (secondary N) is 1. The quantitative estimate of drug-likeness (QED) is 0.883. The minimum Gasteiger partial charge on any atom is -0.377 e. The highest BCUT2D eigenvalue weighted by atomic mass is 16.5. The van der Waals surface area contributed by atoms with E-state index in [-0.39, 0.29) is 24.5 Å². The van der Waals surface area contributed by atoms with Crippen LogP contribution in [0.25, 0.3) is 0 Å². The first-order valence-corrected chi connectivity index (χ1v) is 6.79. The van der Waals surface area contributed by atoms with Crippen LogP contribution in [-0.2, 0) is 11.3 Å². The van der Waals surface area contributed by atoms with Crippen LogP contribution in [0.15, 0.2) is 34.9 Å². The Hall–Kier alpha value is -2.21. The van der Waals surface area contributed by atoms with Crippen molar-refractivity contribution in [1.82, 2.24) is 15.5 Å². The molecule has 0 saturated heterocycles. The summed E-state index contributed by atoms with van der Waals surface area (Å²) in [5.74, 6) is 0.808. The van der Waals surface area contributed by atoms with E-state index in [2.05, 4.69) is 15.5 Å². The van der Waals surface area contributed by atoms with Gasteiger partial charge in [0.2, 0.25) is 5.89 Å². The van der Waals surface area contributed by atoms with E-state index in [1.165, 1.54) is 0 Å². The number of hydrogen-bond acceptors (Lipinski definition) is 5. The maximum atomic E-state index is 12.2. The summed E-state index contributed by atoms with van der Waals surface area (Å²) < 4.78 is 10.2. The van der Waals surface area contributed by atoms with E-state index in [0.29, 0.717) is 17.3 Å². The van der Waals surface area contributed by atoms with Gasteiger partial charge in [-0.2, -0.15) is 4.98 Å². The Morgan fingerprint density at radius 1 is 1.33 bits per heavy atom. The van der Waals surface area contributed by atoms with Gasteiger partial charge in [-0.1, -0.05) is 37.2 Å². The molecule has 1 amide bonds. The largest absolute Gasteiger partial charge is 0.377 e. The van der Waals surface area contributed by atoms with E-state index in [0.717, 1.165) is 0 Å². The molecule has 0 aliphatic rings. The first-order valence-electron chi connectivity index (χ1n) is 6.79. The van der Waals surface area contributed by atoms with Gasteiger partial charge in [0.15, 0.2) is 5.82 Å². The van der Waals surface area contributed by atoms with Crippen molar-refractivity contribution >= 4 is 5.91 Å². The van der Waals surface area contributed by atoms with E-state index in [1.54, 1.807) is 19.2 Å². The van der Waals surface area contributed by atoms with Crippen LogP contribution in [0, 0.1) is 5.92 Å². The van der Waals surface area contributed by atoms with Gasteiger partial charge in [-0.05, 0) is 18.1 Å². The third-order valence-electron chi connectivity index (χ3n) is 3.01. The lowest BCUT2D eigenvalue weighted by atomic mass is 10.0. The Kier molecular flexibility index (Phi) is 5.05. The Labute approximate surface area is 123 Å². The van der Waals surface area contributed by atoms with Gasteiger partial charge in [-0.15, -0.1) is 0 Å². The third-order valence-corrected chi connectivity index (χ3v) is 3.01. The first-order chi connectivity index (χ1) is 10.1. The van der Waals surface area contributed by atoms with Gasteiger partial charge in [-0.3, -0.25) is 4.79 Å². The molecule has 0 aliphatic carbocycles. The molecule has 0 spiro atoms. The molecule has 6 heteroatoms. The summed E-state index contributed by atoms with van der Waals surface area (Å²) >= 11 is 0. The number of hydrogen-bond donors (Lipinski definition) is 1. The minimum atomic E-state index is -0.337. The maximum Gasteiger partial charge on any atom is 0.251 e. The second-order valence-corrected chi connectivity index (χ2v) is 5.04. The van der Waals surface area contributed by atoms with Gasteiger partial charge in [0.05, 0.1) is 0 Å². The predicted molar refractivity (Wildman–Crippen MR) is 76.5 cm³/mol. The summed E-state index contributed by atoms with van der Waals surface area (Å²) in [6, 6.07) is 8.70. The molecule has 1 heterocycles. The molecule has 1 aromatic carbocycles. The Balaban J connectivity index is 2.13. The highest BCUT2D eigenvalue weighted by Crippen LogP contribution is 2.20. The maximum absolute atomic E-state index is 12.2. The highest BCUT2D eigenvalue weighted by molar-refractivity contribution is 5.94. The van der Waals surface area contributed by atoms with Gasteiger partial charge in [0, 0.05) is 12.7 Å². The summed E-state index contributed by atoms with van der Waals surface area (Å²) in [5, 5.41) is 6.76. The molecule has 1 atom stereocenters. The van der Waals surface area contributed by atoms with Crippen molar-refractivity contribution in [2.24, 2.45) is 5.92 Å². The van der Waals surface area contributed by atoms with E-state index in [1.807, 2.05) is 32.0 Å². The van der Waals surface area contributed by atoms with Crippen molar-refractivity contribution in [3.8, 4) is 0 Å². The number of rotatable bonds is 6. The number of ether oxygens (including phenoxy) is 1. The lowest BCUT2D eigenvalue weighted by Gasteiger charge is -2.18. The van der Waals surface area contributed by atoms with Crippen LogP contribution < -0.4 is 5.32 Å². The number of carbonyl (C=O) groups is 1. The van der Waals surface area contributed by atoms with Gasteiger partial charge < -0.3 is 14.6 Å². The summed E-state index contributed by atoms with van der Waals surface area (Å²) in [6.45, 7) is 4.24. The summed E-state index contributed by atoms with van der Waals surface area (Å²) in [7, 11) is 1.56. The topological polar surface area (TPSA) is 77.3 Å². The standard InChI is InChI=1S/C15H19N3O3/c1-10(2)13(15-16-12(9-20-3)18-21-15)17-14(19)11-7-5-4-6-8-11/h4-8,10,13H,9H2,1-3H3,(H,17,19)/t13-/m0/s1. The molecule has 0 unspecified atom stereocenters. The second kappa shape index (κ2) is 6.99. The van der Waals surface area contributed by atoms with Gasteiger partial charge in [0.1, 0.15) is 12.6 Å². The molecule has 1 N–H and O–H groups in total. The Bertz CT molecular complexity index is 581. The molecular weight excluding hydrogens is 270 g/mol. The van der Waals surface area contributed by atoms with Gasteiger partial charge in [0.25, 0.3) is 5.91 Å². The van der Waals surface area contributed by atoms with Gasteiger partial charge >= 0.3 is 0 Å². The molecule has 0 fully saturated rings. The fourth-order valence-electron chi connectivity index (χ4n) is 1.91. The zero-order valence-corrected chi connectivity index (χ0v) is 12.4. The number of amides is 1. The molecule has 0 radical (unpaired) electrons. The third kappa shape index (κ3) is 3.88. The number of carbonyl (C=O) groups excluding carboxylic acids is 1. The van der Waals surface area contributed by atoms with Crippen LogP contribution in [0.1, 0.15) is 42.0 Å². The summed E-state index contributed by atoms with van der Waals surface area (Å²) in [4.78, 5) is 16.5. The molecule has 21 heavy (non-hydrogen) atoms. The Morgan fingerprint density at radius 2 is 2.05 bits per heavy atom. The van der Waals surface area contributed by atoms with Crippen molar-refractivity contribution in [3.63, 3.8) is 0 Å². The zero-order valence-electron chi connectivity index (χ0n) is 12.4. The van der Waals surface area contributed by atoms with Crippen LogP contribution in [0.4, 0.5) is 0 Å². The van der Waals surface area contributed by atoms with Crippen molar-refractivity contribution in [2.45, 2.75) is 26.5 Å². The number of nitrogens with zero attached hydrogens (tertiary/aromatic N) is 2. The fourth-order valence-corrected chi connectivity index (χ4v) is 1.91. The summed E-state index contributed by atoms with van der Waals surface area (Å²) in [6.07, 6.45) is 0. The average Bonchev–Trinajstić information content (AvgIpc) is 2.93. The van der Waals surface area contributed by atoms with Crippen molar-refractivity contribution in [3.05, 3.63) is 47.6 Å². The lowest BCUT2D eigenvalue weighted by molar-refractivity contribution is 0.0914. The molecule has 0 bridgehead atoms. The second-order valence-electron chi connectivity index (χ2n) is 5.04. The Morgan fingerprint density at radius 3 is 2.67 bits per heavy atom. The highest BCUT2D eigenvalue weighted by Gasteiger charge is 2.24. The van der Waals surface area contributed by atoms with Crippen molar-refractivity contribution in [1.29, 1.82) is 0 Å². The molecule has 2 rings (SSSR count). The monoisotopic (exact) mass is 289 g/mol. The van der Waals surface area contributed by atoms with E-state index in [9.17, 15) is 4.79 Å². The molecule has 6 nitrogen and oxygen atoms in total. The molecule has 0 saturated carbocycles. The van der Waals surface area contributed by atoms with Crippen molar-refractivity contribution in [2.75, 3.05) is 7.11 Å². The fraction of sp³-hybridized carbons (Fsp3) is 0.400. The van der Waals surface area contributed by atoms with Crippen LogP contribution in [0.3, 0.4) is 0 Å². The smallest absolute Gasteiger partial charge is 0.251 e. The number of benzene rings is 1. The molecule has 2 aromatic rings. The predicted octanol–water partition coefficient (Wildman–Crippen LogP) is 2.34. The van der Waals surface area contributed by atoms with Gasteiger partial charge in [-0.25, -0.2) is 0 Å². The lowest BCUT2D eigenvalue weighted by Crippen LogP contribution is -2.32. The van der Waals surface area contributed by atoms with Crippen LogP contribution in [0.2, 0.25) is 0 Å². The molecule has 1 aromatic heterocycles. The van der Waals surface area contributed by atoms with E-state index >= 15 is 0 Å².